The third-order valence-electron chi connectivity index (χ3n) is 3.51. The molecule has 1 fully saturated rings. The number of aryl methyl sites for hydroxylation is 1. The highest BCUT2D eigenvalue weighted by Gasteiger charge is 2.33. The summed E-state index contributed by atoms with van der Waals surface area (Å²) >= 11 is 0. The number of nitrogens with zero attached hydrogens (tertiary/aromatic N) is 2. The molecule has 2 heterocycles. The summed E-state index contributed by atoms with van der Waals surface area (Å²) < 4.78 is 26.7. The molecule has 0 aliphatic carbocycles. The van der Waals surface area contributed by atoms with Gasteiger partial charge in [-0.05, 0) is 19.8 Å². The number of hydrogen-bond acceptors (Lipinski definition) is 4. The Hall–Kier alpha value is -1.41. The van der Waals surface area contributed by atoms with Crippen molar-refractivity contribution in [1.29, 1.82) is 0 Å². The molecule has 2 rings (SSSR count). The number of aromatic carboxylic acids is 1. The second-order valence-corrected chi connectivity index (χ2v) is 6.88. The number of hydrogen-bond donors (Lipinski definition) is 2. The molecule has 1 aliphatic heterocycles. The zero-order chi connectivity index (χ0) is 14.8. The van der Waals surface area contributed by atoms with Gasteiger partial charge in [0.25, 0.3) is 0 Å². The van der Waals surface area contributed by atoms with Gasteiger partial charge in [-0.25, -0.2) is 13.2 Å². The van der Waals surface area contributed by atoms with Gasteiger partial charge in [-0.3, -0.25) is 5.10 Å². The number of H-pyrrole nitrogens is 1. The van der Waals surface area contributed by atoms with Crippen LogP contribution in [-0.4, -0.2) is 47.1 Å². The van der Waals surface area contributed by atoms with Crippen molar-refractivity contribution in [3.05, 3.63) is 11.4 Å². The molecule has 112 valence electrons. The fourth-order valence-electron chi connectivity index (χ4n) is 2.47. The number of aromatic amines is 1. The molecule has 0 spiro atoms. The minimum absolute atomic E-state index is 0.203. The average Bonchev–Trinajstić information content (AvgIpc) is 2.70. The molecule has 2 N–H and O–H groups in total. The Labute approximate surface area is 118 Å². The second-order valence-electron chi connectivity index (χ2n) is 5.00. The maximum Gasteiger partial charge on any atom is 0.357 e. The molecule has 7 nitrogen and oxygen atoms in total. The second kappa shape index (κ2) is 5.92. The number of sulfonamides is 1. The molecule has 0 amide bonds. The smallest absolute Gasteiger partial charge is 0.357 e. The zero-order valence-corrected chi connectivity index (χ0v) is 12.2. The van der Waals surface area contributed by atoms with Crippen LogP contribution in [-0.2, 0) is 10.0 Å². The monoisotopic (exact) mass is 301 g/mol. The van der Waals surface area contributed by atoms with E-state index in [1.54, 1.807) is 0 Å². The normalized spacial score (nSPS) is 18.4. The predicted octanol–water partition coefficient (Wildman–Crippen LogP) is 1.37. The highest BCUT2D eigenvalue weighted by atomic mass is 32.2. The molecule has 1 aliphatic rings. The number of nitrogens with one attached hydrogen (secondary N) is 1. The van der Waals surface area contributed by atoms with Gasteiger partial charge in [0.2, 0.25) is 10.0 Å². The Bertz CT molecular complexity index is 586. The third-order valence-corrected chi connectivity index (χ3v) is 5.57. The summed E-state index contributed by atoms with van der Waals surface area (Å²) in [5, 5.41) is 15.1. The summed E-state index contributed by atoms with van der Waals surface area (Å²) in [4.78, 5) is 10.9. The minimum Gasteiger partial charge on any atom is -0.476 e. The summed E-state index contributed by atoms with van der Waals surface area (Å²) in [6.45, 7) is 2.40. The standard InChI is InChI=1S/C12H19N3O4S/c1-9-11(10(12(16)17)14-13-9)20(18,19)15-7-5-3-2-4-6-8-15/h2-8H2,1H3,(H,13,14)(H,16,17). The van der Waals surface area contributed by atoms with Crippen molar-refractivity contribution in [2.24, 2.45) is 0 Å². The van der Waals surface area contributed by atoms with Gasteiger partial charge in [-0.1, -0.05) is 19.3 Å². The molecule has 0 radical (unpaired) electrons. The first-order chi connectivity index (χ1) is 9.44. The van der Waals surface area contributed by atoms with Crippen LogP contribution >= 0.6 is 0 Å². The van der Waals surface area contributed by atoms with Crippen LogP contribution in [0, 0.1) is 6.92 Å². The quantitative estimate of drug-likeness (QED) is 0.877. The fraction of sp³-hybridized carbons (Fsp3) is 0.667. The summed E-state index contributed by atoms with van der Waals surface area (Å²) in [5.41, 5.74) is -0.158. The van der Waals surface area contributed by atoms with E-state index in [1.807, 2.05) is 0 Å². The van der Waals surface area contributed by atoms with Gasteiger partial charge in [0.15, 0.2) is 5.69 Å². The summed E-state index contributed by atoms with van der Waals surface area (Å²) in [5.74, 6) is -1.33. The van der Waals surface area contributed by atoms with Gasteiger partial charge in [-0.2, -0.15) is 9.40 Å². The molecule has 1 aromatic rings. The van der Waals surface area contributed by atoms with Gasteiger partial charge in [0.05, 0.1) is 5.69 Å². The predicted molar refractivity (Wildman–Crippen MR) is 72.1 cm³/mol. The van der Waals surface area contributed by atoms with E-state index in [4.69, 9.17) is 5.11 Å². The molecular weight excluding hydrogens is 282 g/mol. The highest BCUT2D eigenvalue weighted by Crippen LogP contribution is 2.24. The minimum atomic E-state index is -3.81. The first-order valence-corrected chi connectivity index (χ1v) is 8.17. The molecule has 0 saturated carbocycles. The van der Waals surface area contributed by atoms with E-state index < -0.39 is 21.7 Å². The molecular formula is C12H19N3O4S. The largest absolute Gasteiger partial charge is 0.476 e. The Balaban J connectivity index is 2.38. The maximum atomic E-state index is 12.7. The molecule has 20 heavy (non-hydrogen) atoms. The molecule has 0 unspecified atom stereocenters. The zero-order valence-electron chi connectivity index (χ0n) is 11.4. The van der Waals surface area contributed by atoms with E-state index in [1.165, 1.54) is 11.2 Å². The van der Waals surface area contributed by atoms with E-state index >= 15 is 0 Å². The van der Waals surface area contributed by atoms with Crippen LogP contribution < -0.4 is 0 Å². The van der Waals surface area contributed by atoms with E-state index in [2.05, 4.69) is 10.2 Å². The highest BCUT2D eigenvalue weighted by molar-refractivity contribution is 7.89. The van der Waals surface area contributed by atoms with Crippen LogP contribution in [0.15, 0.2) is 4.90 Å². The molecule has 0 aromatic carbocycles. The van der Waals surface area contributed by atoms with Crippen LogP contribution in [0.4, 0.5) is 0 Å². The first-order valence-electron chi connectivity index (χ1n) is 6.73. The fourth-order valence-corrected chi connectivity index (χ4v) is 4.27. The van der Waals surface area contributed by atoms with Gasteiger partial charge >= 0.3 is 5.97 Å². The van der Waals surface area contributed by atoms with Crippen LogP contribution in [0.3, 0.4) is 0 Å². The number of carboxylic acids is 1. The molecule has 1 aromatic heterocycles. The van der Waals surface area contributed by atoms with E-state index in [-0.39, 0.29) is 10.6 Å². The van der Waals surface area contributed by atoms with E-state index in [0.717, 1.165) is 32.1 Å². The van der Waals surface area contributed by atoms with Crippen molar-refractivity contribution in [2.75, 3.05) is 13.1 Å². The van der Waals surface area contributed by atoms with Crippen molar-refractivity contribution in [3.63, 3.8) is 0 Å². The average molecular weight is 301 g/mol. The molecule has 0 bridgehead atoms. The van der Waals surface area contributed by atoms with Crippen molar-refractivity contribution >= 4 is 16.0 Å². The van der Waals surface area contributed by atoms with Crippen LogP contribution in [0.25, 0.3) is 0 Å². The molecule has 8 heteroatoms. The lowest BCUT2D eigenvalue weighted by atomic mass is 10.1. The van der Waals surface area contributed by atoms with Crippen molar-refractivity contribution in [2.45, 2.75) is 43.9 Å². The SMILES string of the molecule is Cc1[nH]nc(C(=O)O)c1S(=O)(=O)N1CCCCCCC1. The Morgan fingerprint density at radius 1 is 1.20 bits per heavy atom. The van der Waals surface area contributed by atoms with Crippen molar-refractivity contribution in [3.8, 4) is 0 Å². The Morgan fingerprint density at radius 2 is 1.75 bits per heavy atom. The number of carboxylic acid groups (broad SMARTS) is 1. The number of aromatic nitrogens is 2. The Kier molecular flexibility index (Phi) is 4.44. The lowest BCUT2D eigenvalue weighted by molar-refractivity contribution is 0.0686. The molecule has 1 saturated heterocycles. The third kappa shape index (κ3) is 2.85. The first kappa shape index (κ1) is 15.0. The summed E-state index contributed by atoms with van der Waals surface area (Å²) in [7, 11) is -3.81. The molecule has 0 atom stereocenters. The topological polar surface area (TPSA) is 103 Å². The maximum absolute atomic E-state index is 12.7. The van der Waals surface area contributed by atoms with Crippen molar-refractivity contribution in [1.82, 2.24) is 14.5 Å². The van der Waals surface area contributed by atoms with Gasteiger partial charge in [0.1, 0.15) is 4.90 Å². The van der Waals surface area contributed by atoms with Gasteiger partial charge < -0.3 is 5.11 Å². The van der Waals surface area contributed by atoms with E-state index in [9.17, 15) is 13.2 Å². The van der Waals surface area contributed by atoms with Crippen LogP contribution in [0.1, 0.15) is 48.3 Å². The number of rotatable bonds is 3. The van der Waals surface area contributed by atoms with Crippen LogP contribution in [0.2, 0.25) is 0 Å². The van der Waals surface area contributed by atoms with Gasteiger partial charge in [0, 0.05) is 13.1 Å². The summed E-state index contributed by atoms with van der Waals surface area (Å²) in [6.07, 6.45) is 4.74. The van der Waals surface area contributed by atoms with Crippen molar-refractivity contribution < 1.29 is 18.3 Å². The number of carbonyl (C=O) groups is 1. The summed E-state index contributed by atoms with van der Waals surface area (Å²) in [6, 6.07) is 0. The van der Waals surface area contributed by atoms with Gasteiger partial charge in [-0.15, -0.1) is 0 Å². The van der Waals surface area contributed by atoms with Crippen LogP contribution in [0.5, 0.6) is 0 Å². The lowest BCUT2D eigenvalue weighted by Gasteiger charge is -2.24. The lowest BCUT2D eigenvalue weighted by Crippen LogP contribution is -2.34. The van der Waals surface area contributed by atoms with E-state index in [0.29, 0.717) is 13.1 Å². The Morgan fingerprint density at radius 3 is 2.30 bits per heavy atom.